The van der Waals surface area contributed by atoms with Gasteiger partial charge < -0.3 is 15.5 Å². The zero-order valence-corrected chi connectivity index (χ0v) is 21.1. The minimum absolute atomic E-state index is 0.00165. The van der Waals surface area contributed by atoms with E-state index < -0.39 is 0 Å². The predicted octanol–water partition coefficient (Wildman–Crippen LogP) is 5.09. The van der Waals surface area contributed by atoms with Crippen molar-refractivity contribution < 1.29 is 9.59 Å². The highest BCUT2D eigenvalue weighted by Crippen LogP contribution is 2.44. The summed E-state index contributed by atoms with van der Waals surface area (Å²) in [5, 5.41) is 6.95. The lowest BCUT2D eigenvalue weighted by Gasteiger charge is -2.38. The fourth-order valence-corrected chi connectivity index (χ4v) is 7.44. The van der Waals surface area contributed by atoms with Crippen LogP contribution in [0.2, 0.25) is 0 Å². The van der Waals surface area contributed by atoms with Gasteiger partial charge in [0.05, 0.1) is 0 Å². The van der Waals surface area contributed by atoms with Crippen LogP contribution in [0, 0.1) is 17.8 Å². The summed E-state index contributed by atoms with van der Waals surface area (Å²) in [6, 6.07) is 7.37. The average Bonchev–Trinajstić information content (AvgIpc) is 3.65. The molecule has 2 N–H and O–H groups in total. The van der Waals surface area contributed by atoms with Gasteiger partial charge in [-0.25, -0.2) is 0 Å². The number of benzene rings is 1. The SMILES string of the molecule is C=C1CCC(N2Cc3cc(C[C@H]4CCCC[C@@H]4N[C@H]4CC[C@@H](C5CC5)CC4)ccc3C2=O)C(=O)N1. The number of hydrogen-bond acceptors (Lipinski definition) is 3. The van der Waals surface area contributed by atoms with Crippen LogP contribution < -0.4 is 10.6 Å². The molecule has 1 aromatic carbocycles. The molecule has 5 nitrogen and oxygen atoms in total. The summed E-state index contributed by atoms with van der Waals surface area (Å²) in [6.45, 7) is 4.41. The maximum Gasteiger partial charge on any atom is 0.255 e. The Morgan fingerprint density at radius 3 is 2.43 bits per heavy atom. The Labute approximate surface area is 210 Å². The summed E-state index contributed by atoms with van der Waals surface area (Å²) >= 11 is 0. The third-order valence-electron chi connectivity index (χ3n) is 9.62. The van der Waals surface area contributed by atoms with Gasteiger partial charge >= 0.3 is 0 Å². The van der Waals surface area contributed by atoms with Crippen molar-refractivity contribution in [1.29, 1.82) is 0 Å². The maximum absolute atomic E-state index is 13.1. The average molecular weight is 476 g/mol. The monoisotopic (exact) mass is 475 g/mol. The molecule has 2 amide bonds. The molecule has 1 aromatic rings. The van der Waals surface area contributed by atoms with Crippen LogP contribution in [0.5, 0.6) is 0 Å². The molecule has 1 unspecified atom stereocenters. The van der Waals surface area contributed by atoms with Gasteiger partial charge in [-0.2, -0.15) is 0 Å². The number of carbonyl (C=O) groups is 2. The Balaban J connectivity index is 1.09. The van der Waals surface area contributed by atoms with Crippen LogP contribution in [0.25, 0.3) is 0 Å². The molecule has 1 saturated heterocycles. The van der Waals surface area contributed by atoms with E-state index in [9.17, 15) is 9.59 Å². The number of hydrogen-bond donors (Lipinski definition) is 2. The van der Waals surface area contributed by atoms with Crippen molar-refractivity contribution in [2.24, 2.45) is 17.8 Å². The Bertz CT molecular complexity index is 991. The van der Waals surface area contributed by atoms with Crippen LogP contribution in [0.3, 0.4) is 0 Å². The Morgan fingerprint density at radius 1 is 0.943 bits per heavy atom. The van der Waals surface area contributed by atoms with Gasteiger partial charge in [-0.15, -0.1) is 0 Å². The maximum atomic E-state index is 13.1. The van der Waals surface area contributed by atoms with Gasteiger partial charge in [0.2, 0.25) is 5.91 Å². The first kappa shape index (κ1) is 23.3. The molecule has 6 rings (SSSR count). The third-order valence-corrected chi connectivity index (χ3v) is 9.62. The first-order valence-corrected chi connectivity index (χ1v) is 14.2. The van der Waals surface area contributed by atoms with Gasteiger partial charge in [0.15, 0.2) is 0 Å². The minimum atomic E-state index is -0.384. The van der Waals surface area contributed by atoms with Crippen LogP contribution in [-0.2, 0) is 17.8 Å². The normalized spacial score (nSPS) is 33.5. The fourth-order valence-electron chi connectivity index (χ4n) is 7.44. The molecule has 4 fully saturated rings. The molecule has 3 saturated carbocycles. The lowest BCUT2D eigenvalue weighted by atomic mass is 9.78. The molecule has 2 aliphatic heterocycles. The first-order valence-electron chi connectivity index (χ1n) is 14.2. The van der Waals surface area contributed by atoms with E-state index in [0.717, 1.165) is 41.5 Å². The largest absolute Gasteiger partial charge is 0.329 e. The second kappa shape index (κ2) is 9.72. The van der Waals surface area contributed by atoms with Crippen molar-refractivity contribution in [3.63, 3.8) is 0 Å². The highest BCUT2D eigenvalue weighted by molar-refractivity contribution is 6.01. The van der Waals surface area contributed by atoms with Crippen molar-refractivity contribution in [3.8, 4) is 0 Å². The number of carbonyl (C=O) groups excluding carboxylic acids is 2. The zero-order valence-electron chi connectivity index (χ0n) is 21.1. The zero-order chi connectivity index (χ0) is 23.9. The second-order valence-corrected chi connectivity index (χ2v) is 12.0. The van der Waals surface area contributed by atoms with Gasteiger partial charge in [0.25, 0.3) is 5.91 Å². The molecule has 3 atom stereocenters. The van der Waals surface area contributed by atoms with Gasteiger partial charge in [0, 0.05) is 29.9 Å². The number of allylic oxidation sites excluding steroid dienone is 1. The number of piperidine rings is 1. The van der Waals surface area contributed by atoms with Crippen LogP contribution in [-0.4, -0.2) is 34.8 Å². The van der Waals surface area contributed by atoms with Crippen molar-refractivity contribution in [2.45, 2.75) is 108 Å². The standard InChI is InChI=1S/C30H41N3O2/c1-19-6-15-28(29(34)31-19)33-18-24-17-20(7-14-26(24)30(33)35)16-23-4-2-3-5-27(23)32-25-12-10-22(11-13-25)21-8-9-21/h7,14,17,21-23,25,27-28,32H,1-6,8-13,15-16,18H2,(H,31,34)/t22-,23-,25+,27+,28?/m1/s1. The molecule has 2 heterocycles. The van der Waals surface area contributed by atoms with Crippen LogP contribution in [0.4, 0.5) is 0 Å². The van der Waals surface area contributed by atoms with Crippen molar-refractivity contribution in [3.05, 3.63) is 47.2 Å². The Morgan fingerprint density at radius 2 is 1.69 bits per heavy atom. The lowest BCUT2D eigenvalue weighted by molar-refractivity contribution is -0.126. The molecule has 0 bridgehead atoms. The van der Waals surface area contributed by atoms with Gasteiger partial charge in [0.1, 0.15) is 6.04 Å². The molecule has 0 aromatic heterocycles. The number of nitrogens with zero attached hydrogens (tertiary/aromatic N) is 1. The van der Waals surface area contributed by atoms with E-state index in [-0.39, 0.29) is 17.9 Å². The van der Waals surface area contributed by atoms with E-state index in [0.29, 0.717) is 31.0 Å². The molecule has 35 heavy (non-hydrogen) atoms. The summed E-state index contributed by atoms with van der Waals surface area (Å²) in [7, 11) is 0. The van der Waals surface area contributed by atoms with Gasteiger partial charge in [-0.05, 0) is 106 Å². The molecule has 3 aliphatic carbocycles. The summed E-state index contributed by atoms with van der Waals surface area (Å²) in [5.74, 6) is 2.66. The van der Waals surface area contributed by atoms with Crippen LogP contribution in [0.15, 0.2) is 30.5 Å². The van der Waals surface area contributed by atoms with Gasteiger partial charge in [-0.1, -0.05) is 31.6 Å². The van der Waals surface area contributed by atoms with E-state index in [1.807, 2.05) is 6.07 Å². The molecule has 188 valence electrons. The molecular weight excluding hydrogens is 434 g/mol. The Hall–Kier alpha value is -2.14. The molecule has 0 radical (unpaired) electrons. The van der Waals surface area contributed by atoms with Gasteiger partial charge in [-0.3, -0.25) is 9.59 Å². The van der Waals surface area contributed by atoms with E-state index in [4.69, 9.17) is 0 Å². The first-order chi connectivity index (χ1) is 17.0. The van der Waals surface area contributed by atoms with E-state index >= 15 is 0 Å². The summed E-state index contributed by atoms with van der Waals surface area (Å²) in [5.41, 5.74) is 3.96. The summed E-state index contributed by atoms with van der Waals surface area (Å²) < 4.78 is 0. The van der Waals surface area contributed by atoms with Crippen molar-refractivity contribution in [2.75, 3.05) is 0 Å². The Kier molecular flexibility index (Phi) is 6.46. The molecule has 5 aliphatic rings. The summed E-state index contributed by atoms with van der Waals surface area (Å²) in [6.07, 6.45) is 16.3. The van der Waals surface area contributed by atoms with Crippen LogP contribution in [0.1, 0.15) is 98.5 Å². The van der Waals surface area contributed by atoms with Crippen molar-refractivity contribution >= 4 is 11.8 Å². The second-order valence-electron chi connectivity index (χ2n) is 12.0. The molecular formula is C30H41N3O2. The summed E-state index contributed by atoms with van der Waals surface area (Å²) in [4.78, 5) is 27.3. The van der Waals surface area contributed by atoms with Crippen LogP contribution >= 0.6 is 0 Å². The molecule has 5 heteroatoms. The minimum Gasteiger partial charge on any atom is -0.329 e. The van der Waals surface area contributed by atoms with Crippen molar-refractivity contribution in [1.82, 2.24) is 15.5 Å². The number of nitrogens with one attached hydrogen (secondary N) is 2. The van der Waals surface area contributed by atoms with E-state index in [1.165, 1.54) is 69.8 Å². The highest BCUT2D eigenvalue weighted by Gasteiger charge is 2.39. The fraction of sp³-hybridized carbons (Fsp3) is 0.667. The topological polar surface area (TPSA) is 61.4 Å². The highest BCUT2D eigenvalue weighted by atomic mass is 16.2. The number of amides is 2. The number of rotatable bonds is 6. The predicted molar refractivity (Wildman–Crippen MR) is 138 cm³/mol. The molecule has 0 spiro atoms. The third kappa shape index (κ3) is 4.94. The van der Waals surface area contributed by atoms with E-state index in [2.05, 4.69) is 29.3 Å². The lowest BCUT2D eigenvalue weighted by Crippen LogP contribution is -2.49. The quantitative estimate of drug-likeness (QED) is 0.602. The smallest absolute Gasteiger partial charge is 0.255 e. The number of fused-ring (bicyclic) bond motifs is 1. The van der Waals surface area contributed by atoms with E-state index in [1.54, 1.807) is 4.90 Å².